The fourth-order valence-corrected chi connectivity index (χ4v) is 9.00. The van der Waals surface area contributed by atoms with Crippen molar-refractivity contribution in [3.8, 4) is 11.5 Å². The van der Waals surface area contributed by atoms with E-state index in [1.165, 1.54) is 22.7 Å². The molecule has 4 aromatic carbocycles. The lowest BCUT2D eigenvalue weighted by atomic mass is 9.93. The monoisotopic (exact) mass is 857 g/mol. The third kappa shape index (κ3) is 12.4. The van der Waals surface area contributed by atoms with Crippen LogP contribution < -0.4 is 5.32 Å². The topological polar surface area (TPSA) is 101 Å². The van der Waals surface area contributed by atoms with Gasteiger partial charge in [0, 0.05) is 6.54 Å². The molecule has 0 radical (unpaired) electrons. The zero-order valence-electron chi connectivity index (χ0n) is 34.4. The van der Waals surface area contributed by atoms with Crippen LogP contribution in [0.1, 0.15) is 47.5 Å². The molecule has 0 spiro atoms. The lowest BCUT2D eigenvalue weighted by molar-refractivity contribution is -0.269. The minimum atomic E-state index is -1.60. The van der Waals surface area contributed by atoms with E-state index in [1.54, 1.807) is 6.20 Å². The maximum atomic E-state index is 13.7. The summed E-state index contributed by atoms with van der Waals surface area (Å²) in [6, 6.07) is 40.4. The number of nitrogens with zero attached hydrogens (tertiary/aromatic N) is 2. The van der Waals surface area contributed by atoms with E-state index in [0.717, 1.165) is 22.3 Å². The highest BCUT2D eigenvalue weighted by molar-refractivity contribution is 7.19. The van der Waals surface area contributed by atoms with E-state index in [-0.39, 0.29) is 12.4 Å². The summed E-state index contributed by atoms with van der Waals surface area (Å²) in [4.78, 5) is 24.0. The number of anilines is 1. The van der Waals surface area contributed by atoms with Crippen molar-refractivity contribution in [1.29, 1.82) is 0 Å². The number of hydrogen-bond donors (Lipinski definition) is 1. The molecule has 0 amide bonds. The van der Waals surface area contributed by atoms with Crippen LogP contribution in [-0.4, -0.2) is 67.5 Å². The quantitative estimate of drug-likeness (QED) is 0.0515. The molecule has 310 valence electrons. The molecule has 1 fully saturated rings. The summed E-state index contributed by atoms with van der Waals surface area (Å²) in [7, 11) is -1.60. The number of nitrogens with one attached hydrogen (secondary N) is 1. The van der Waals surface area contributed by atoms with E-state index >= 15 is 0 Å². The Morgan fingerprint density at radius 1 is 0.700 bits per heavy atom. The number of hydrogen-bond acceptors (Lipinski definition) is 11. The highest BCUT2D eigenvalue weighted by Crippen LogP contribution is 2.32. The zero-order valence-corrected chi connectivity index (χ0v) is 37.0. The van der Waals surface area contributed by atoms with Gasteiger partial charge in [-0.3, -0.25) is 4.79 Å². The summed E-state index contributed by atoms with van der Waals surface area (Å²) in [6.07, 6.45) is -1.08. The van der Waals surface area contributed by atoms with Crippen LogP contribution >= 0.6 is 22.7 Å². The smallest absolute Gasteiger partial charge is 0.216 e. The van der Waals surface area contributed by atoms with Crippen LogP contribution in [0.2, 0.25) is 19.6 Å². The second-order valence-corrected chi connectivity index (χ2v) is 22.5. The van der Waals surface area contributed by atoms with Crippen molar-refractivity contribution in [2.75, 3.05) is 18.5 Å². The van der Waals surface area contributed by atoms with Gasteiger partial charge in [0.1, 0.15) is 38.6 Å². The maximum Gasteiger partial charge on any atom is 0.216 e. The van der Waals surface area contributed by atoms with Gasteiger partial charge in [-0.1, -0.05) is 152 Å². The molecule has 9 nitrogen and oxygen atoms in total. The fraction of sp³-hybridized carbons (Fsp3) is 0.312. The molecule has 2 aromatic heterocycles. The first-order valence-corrected chi connectivity index (χ1v) is 25.3. The van der Waals surface area contributed by atoms with Gasteiger partial charge in [0.15, 0.2) is 10.1 Å². The Bertz CT molecular complexity index is 2310. The molecule has 1 aliphatic heterocycles. The van der Waals surface area contributed by atoms with Crippen LogP contribution in [0.15, 0.2) is 128 Å². The first-order chi connectivity index (χ1) is 29.2. The Morgan fingerprint density at radius 2 is 1.20 bits per heavy atom. The van der Waals surface area contributed by atoms with E-state index in [0.29, 0.717) is 58.6 Å². The van der Waals surface area contributed by atoms with Crippen molar-refractivity contribution in [1.82, 2.24) is 9.97 Å². The second kappa shape index (κ2) is 21.1. The van der Waals surface area contributed by atoms with Crippen LogP contribution in [0, 0.1) is 18.4 Å². The molecule has 1 saturated heterocycles. The first-order valence-electron chi connectivity index (χ1n) is 20.2. The largest absolute Gasteiger partial charge is 0.374 e. The summed E-state index contributed by atoms with van der Waals surface area (Å²) < 4.78 is 33.9. The van der Waals surface area contributed by atoms with Crippen molar-refractivity contribution < 1.29 is 28.5 Å². The van der Waals surface area contributed by atoms with Gasteiger partial charge in [0.05, 0.1) is 54.7 Å². The molecule has 3 heterocycles. The summed E-state index contributed by atoms with van der Waals surface area (Å²) in [5, 5.41) is 4.73. The van der Waals surface area contributed by atoms with Gasteiger partial charge < -0.3 is 29.0 Å². The van der Waals surface area contributed by atoms with Gasteiger partial charge in [-0.15, -0.1) is 16.9 Å². The average Bonchev–Trinajstić information content (AvgIpc) is 3.90. The first kappa shape index (κ1) is 43.3. The number of carbonyl (C=O) groups is 1. The molecular weight excluding hydrogens is 807 g/mol. The highest BCUT2D eigenvalue weighted by Gasteiger charge is 2.48. The Balaban J connectivity index is 1.16. The van der Waals surface area contributed by atoms with Crippen LogP contribution in [0.3, 0.4) is 0 Å². The summed E-state index contributed by atoms with van der Waals surface area (Å²) in [5.41, 5.74) is 8.18. The summed E-state index contributed by atoms with van der Waals surface area (Å²) in [5.74, 6) is 3.08. The number of carbonyl (C=O) groups excluding carboxylic acids is 1. The normalized spacial score (nSPS) is 19.0. The fourth-order valence-electron chi connectivity index (χ4n) is 6.71. The van der Waals surface area contributed by atoms with Crippen LogP contribution in [-0.2, 0) is 50.1 Å². The van der Waals surface area contributed by atoms with E-state index in [2.05, 4.69) is 58.5 Å². The molecule has 7 rings (SSSR count). The van der Waals surface area contributed by atoms with E-state index in [4.69, 9.17) is 23.7 Å². The predicted octanol–water partition coefficient (Wildman–Crippen LogP) is 9.52. The van der Waals surface area contributed by atoms with Gasteiger partial charge in [-0.25, -0.2) is 9.97 Å². The van der Waals surface area contributed by atoms with Crippen LogP contribution in [0.4, 0.5) is 5.13 Å². The van der Waals surface area contributed by atoms with Gasteiger partial charge >= 0.3 is 0 Å². The minimum Gasteiger partial charge on any atom is -0.374 e. The molecule has 0 aliphatic carbocycles. The van der Waals surface area contributed by atoms with Crippen molar-refractivity contribution in [2.24, 2.45) is 0 Å². The highest BCUT2D eigenvalue weighted by atomic mass is 32.1. The SMILES string of the molecule is Cc1nc(C#C[Si](C)(C)C)sc1C(=O)c1cnc(NC[C@H]2O[C@H](COCc3ccccc3)[C@@H](OCc3ccccc3)[C@H](OCc3ccccc3)[C@@H]2OCc2ccccc2)s1. The van der Waals surface area contributed by atoms with Gasteiger partial charge in [-0.05, 0) is 35.1 Å². The molecule has 0 saturated carbocycles. The Morgan fingerprint density at radius 3 is 1.73 bits per heavy atom. The lowest BCUT2D eigenvalue weighted by Gasteiger charge is -2.46. The minimum absolute atomic E-state index is 0.113. The number of aryl methyl sites for hydroxylation is 1. The van der Waals surface area contributed by atoms with Gasteiger partial charge in [0.2, 0.25) is 5.78 Å². The number of benzene rings is 4. The van der Waals surface area contributed by atoms with Crippen molar-refractivity contribution >= 4 is 41.7 Å². The molecule has 1 aliphatic rings. The summed E-state index contributed by atoms with van der Waals surface area (Å²) >= 11 is 2.63. The van der Waals surface area contributed by atoms with E-state index in [9.17, 15) is 4.79 Å². The predicted molar refractivity (Wildman–Crippen MR) is 241 cm³/mol. The Labute approximate surface area is 362 Å². The zero-order chi connectivity index (χ0) is 41.7. The van der Waals surface area contributed by atoms with Crippen molar-refractivity contribution in [3.63, 3.8) is 0 Å². The molecule has 12 heteroatoms. The number of thiazole rings is 2. The molecule has 6 aromatic rings. The number of ether oxygens (including phenoxy) is 5. The third-order valence-electron chi connectivity index (χ3n) is 9.71. The summed E-state index contributed by atoms with van der Waals surface area (Å²) in [6.45, 7) is 10.4. The average molecular weight is 858 g/mol. The number of rotatable bonds is 18. The standard InChI is InChI=1S/C48H51N3O6S2Si/c1-34-47(59-42(51-34)25-26-60(2,3)4)43(52)41-28-50-48(58-41)49-27-39-44(54-30-36-19-11-6-12-20-36)46(56-32-38-23-15-8-16-24-38)45(55-31-37-21-13-7-14-22-37)40(57-39)33-53-29-35-17-9-5-10-18-35/h5-24,28,39-40,44-46H,27,29-33H2,1-4H3,(H,49,50)/t39-,40-,44-,45-,46-/m1/s1. The molecule has 60 heavy (non-hydrogen) atoms. The van der Waals surface area contributed by atoms with Crippen molar-refractivity contribution in [2.45, 2.75) is 83.5 Å². The van der Waals surface area contributed by atoms with Gasteiger partial charge in [0.25, 0.3) is 0 Å². The molecular formula is C48H51N3O6S2Si. The van der Waals surface area contributed by atoms with Crippen molar-refractivity contribution in [3.05, 3.63) is 170 Å². The molecule has 5 atom stereocenters. The molecule has 0 bridgehead atoms. The molecule has 0 unspecified atom stereocenters. The van der Waals surface area contributed by atoms with Crippen LogP contribution in [0.5, 0.6) is 0 Å². The molecule has 1 N–H and O–H groups in total. The number of ketones is 1. The number of aromatic nitrogens is 2. The maximum absolute atomic E-state index is 13.7. The van der Waals surface area contributed by atoms with Gasteiger partial charge in [-0.2, -0.15) is 0 Å². The van der Waals surface area contributed by atoms with Crippen LogP contribution in [0.25, 0.3) is 0 Å². The second-order valence-electron chi connectivity index (χ2n) is 15.7. The van der Waals surface area contributed by atoms with E-state index < -0.39 is 38.6 Å². The Kier molecular flexibility index (Phi) is 15.2. The Hall–Kier alpha value is -4.81. The lowest BCUT2D eigenvalue weighted by Crippen LogP contribution is -2.62. The van der Waals surface area contributed by atoms with E-state index in [1.807, 2.05) is 116 Å². The third-order valence-corrected chi connectivity index (χ3v) is 12.6.